The number of hydrogen-bond acceptors (Lipinski definition) is 4. The Hall–Kier alpha value is -2.96. The number of carbonyl (C=O) groups excluding carboxylic acids is 1. The highest BCUT2D eigenvalue weighted by atomic mass is 16.2. The van der Waals surface area contributed by atoms with Gasteiger partial charge in [-0.05, 0) is 31.9 Å². The number of benzene rings is 1. The summed E-state index contributed by atoms with van der Waals surface area (Å²) in [6.45, 7) is 3.04. The summed E-state index contributed by atoms with van der Waals surface area (Å²) >= 11 is 0. The van der Waals surface area contributed by atoms with Crippen molar-refractivity contribution >= 4 is 16.9 Å². The van der Waals surface area contributed by atoms with Crippen LogP contribution in [0.2, 0.25) is 0 Å². The fourth-order valence-electron chi connectivity index (χ4n) is 3.43. The molecule has 0 radical (unpaired) electrons. The Morgan fingerprint density at radius 1 is 1.16 bits per heavy atom. The van der Waals surface area contributed by atoms with Crippen LogP contribution >= 0.6 is 0 Å². The minimum absolute atomic E-state index is 0.0876. The van der Waals surface area contributed by atoms with E-state index in [1.807, 2.05) is 35.8 Å². The van der Waals surface area contributed by atoms with Gasteiger partial charge in [-0.25, -0.2) is 9.78 Å². The van der Waals surface area contributed by atoms with Gasteiger partial charge in [0.15, 0.2) is 0 Å². The fraction of sp³-hybridized carbons (Fsp3) is 0.333. The van der Waals surface area contributed by atoms with E-state index in [4.69, 9.17) is 0 Å². The molecule has 1 amide bonds. The lowest BCUT2D eigenvalue weighted by atomic mass is 10.0. The molecule has 0 aliphatic carbocycles. The summed E-state index contributed by atoms with van der Waals surface area (Å²) in [5.74, 6) is -0.0998. The monoisotopic (exact) mass is 337 g/mol. The zero-order valence-corrected chi connectivity index (χ0v) is 14.0. The van der Waals surface area contributed by atoms with Crippen LogP contribution in [0.5, 0.6) is 0 Å². The molecular weight excluding hydrogens is 318 g/mol. The molecule has 0 spiro atoms. The van der Waals surface area contributed by atoms with Crippen LogP contribution in [0.25, 0.3) is 11.0 Å². The first-order valence-electron chi connectivity index (χ1n) is 8.40. The van der Waals surface area contributed by atoms with Gasteiger partial charge in [0.1, 0.15) is 5.69 Å². The maximum Gasteiger partial charge on any atom is 0.326 e. The number of aromatic amines is 1. The number of carbonyl (C=O) groups is 1. The van der Waals surface area contributed by atoms with Gasteiger partial charge in [0.25, 0.3) is 5.91 Å². The van der Waals surface area contributed by atoms with Gasteiger partial charge in [0.2, 0.25) is 0 Å². The van der Waals surface area contributed by atoms with Crippen molar-refractivity contribution in [3.05, 3.63) is 58.5 Å². The molecule has 128 valence electrons. The van der Waals surface area contributed by atoms with Crippen LogP contribution in [0.1, 0.15) is 35.1 Å². The SMILES string of the molecule is Cc1cnc(C(=O)N2CCC(n3c(=O)[nH]c4ccccc43)CC2)cn1. The number of nitrogens with zero attached hydrogens (tertiary/aromatic N) is 4. The Morgan fingerprint density at radius 3 is 2.64 bits per heavy atom. The zero-order valence-electron chi connectivity index (χ0n) is 14.0. The van der Waals surface area contributed by atoms with Crippen LogP contribution in [0, 0.1) is 6.92 Å². The van der Waals surface area contributed by atoms with Crippen molar-refractivity contribution in [2.24, 2.45) is 0 Å². The van der Waals surface area contributed by atoms with Crippen molar-refractivity contribution in [1.29, 1.82) is 0 Å². The summed E-state index contributed by atoms with van der Waals surface area (Å²) in [7, 11) is 0. The van der Waals surface area contributed by atoms with E-state index in [-0.39, 0.29) is 17.6 Å². The largest absolute Gasteiger partial charge is 0.337 e. The number of piperidine rings is 1. The van der Waals surface area contributed by atoms with Crippen molar-refractivity contribution in [3.63, 3.8) is 0 Å². The Morgan fingerprint density at radius 2 is 1.92 bits per heavy atom. The number of H-pyrrole nitrogens is 1. The van der Waals surface area contributed by atoms with Gasteiger partial charge in [0.05, 0.1) is 22.9 Å². The summed E-state index contributed by atoms with van der Waals surface area (Å²) < 4.78 is 1.82. The number of para-hydroxylation sites is 2. The average molecular weight is 337 g/mol. The number of amides is 1. The van der Waals surface area contributed by atoms with Gasteiger partial charge in [-0.2, -0.15) is 0 Å². The van der Waals surface area contributed by atoms with Crippen LogP contribution in [-0.4, -0.2) is 43.4 Å². The third kappa shape index (κ3) is 2.82. The molecule has 1 aromatic carbocycles. The third-order valence-corrected chi connectivity index (χ3v) is 4.74. The van der Waals surface area contributed by atoms with Crippen LogP contribution in [0.3, 0.4) is 0 Å². The van der Waals surface area contributed by atoms with Crippen LogP contribution in [-0.2, 0) is 0 Å². The molecule has 3 heterocycles. The van der Waals surface area contributed by atoms with Crippen LogP contribution < -0.4 is 5.69 Å². The Balaban J connectivity index is 1.51. The molecule has 1 fully saturated rings. The second-order valence-corrected chi connectivity index (χ2v) is 6.38. The number of likely N-dealkylation sites (tertiary alicyclic amines) is 1. The highest BCUT2D eigenvalue weighted by molar-refractivity contribution is 5.92. The van der Waals surface area contributed by atoms with Crippen molar-refractivity contribution in [2.45, 2.75) is 25.8 Å². The maximum absolute atomic E-state index is 12.5. The third-order valence-electron chi connectivity index (χ3n) is 4.74. The van der Waals surface area contributed by atoms with Crippen molar-refractivity contribution in [2.75, 3.05) is 13.1 Å². The van der Waals surface area contributed by atoms with Gasteiger partial charge >= 0.3 is 5.69 Å². The molecule has 0 atom stereocenters. The van der Waals surface area contributed by atoms with Crippen LogP contribution in [0.4, 0.5) is 0 Å². The molecule has 3 aromatic rings. The van der Waals surface area contributed by atoms with E-state index < -0.39 is 0 Å². The van der Waals surface area contributed by atoms with E-state index in [0.717, 1.165) is 29.6 Å². The number of aryl methyl sites for hydroxylation is 1. The number of fused-ring (bicyclic) bond motifs is 1. The molecule has 25 heavy (non-hydrogen) atoms. The number of rotatable bonds is 2. The van der Waals surface area contributed by atoms with Gasteiger partial charge in [0, 0.05) is 25.3 Å². The van der Waals surface area contributed by atoms with Gasteiger partial charge in [-0.1, -0.05) is 12.1 Å². The lowest BCUT2D eigenvalue weighted by molar-refractivity contribution is 0.0688. The molecule has 1 N–H and O–H groups in total. The molecule has 1 aliphatic heterocycles. The molecule has 7 nitrogen and oxygen atoms in total. The smallest absolute Gasteiger partial charge is 0.326 e. The average Bonchev–Trinajstić information content (AvgIpc) is 2.97. The molecule has 0 bridgehead atoms. The topological polar surface area (TPSA) is 83.9 Å². The number of hydrogen-bond donors (Lipinski definition) is 1. The fourth-order valence-corrected chi connectivity index (χ4v) is 3.43. The highest BCUT2D eigenvalue weighted by Crippen LogP contribution is 2.25. The van der Waals surface area contributed by atoms with Gasteiger partial charge in [-0.3, -0.25) is 14.3 Å². The molecule has 2 aromatic heterocycles. The molecule has 7 heteroatoms. The molecule has 0 unspecified atom stereocenters. The minimum atomic E-state index is -0.0998. The van der Waals surface area contributed by atoms with E-state index >= 15 is 0 Å². The van der Waals surface area contributed by atoms with E-state index in [1.54, 1.807) is 11.1 Å². The Kier molecular flexibility index (Phi) is 3.83. The van der Waals surface area contributed by atoms with Gasteiger partial charge in [-0.15, -0.1) is 0 Å². The first kappa shape index (κ1) is 15.6. The molecular formula is C18H19N5O2. The summed E-state index contributed by atoms with van der Waals surface area (Å²) in [4.78, 5) is 37.8. The predicted octanol–water partition coefficient (Wildman–Crippen LogP) is 1.91. The lowest BCUT2D eigenvalue weighted by Crippen LogP contribution is -2.40. The summed E-state index contributed by atoms with van der Waals surface area (Å²) in [6.07, 6.45) is 4.61. The Labute approximate surface area is 144 Å². The Bertz CT molecular complexity index is 965. The van der Waals surface area contributed by atoms with E-state index in [1.165, 1.54) is 6.20 Å². The van der Waals surface area contributed by atoms with Crippen LogP contribution in [0.15, 0.2) is 41.5 Å². The first-order valence-corrected chi connectivity index (χ1v) is 8.40. The van der Waals surface area contributed by atoms with E-state index in [2.05, 4.69) is 15.0 Å². The maximum atomic E-state index is 12.5. The quantitative estimate of drug-likeness (QED) is 0.774. The lowest BCUT2D eigenvalue weighted by Gasteiger charge is -2.32. The molecule has 1 saturated heterocycles. The minimum Gasteiger partial charge on any atom is -0.337 e. The molecule has 0 saturated carbocycles. The van der Waals surface area contributed by atoms with Crippen molar-refractivity contribution in [3.8, 4) is 0 Å². The van der Waals surface area contributed by atoms with Crippen molar-refractivity contribution in [1.82, 2.24) is 24.4 Å². The summed E-state index contributed by atoms with van der Waals surface area (Å²) in [5, 5.41) is 0. The second-order valence-electron chi connectivity index (χ2n) is 6.38. The van der Waals surface area contributed by atoms with Gasteiger partial charge < -0.3 is 9.88 Å². The highest BCUT2D eigenvalue weighted by Gasteiger charge is 2.27. The van der Waals surface area contributed by atoms with E-state index in [0.29, 0.717) is 18.8 Å². The molecule has 4 rings (SSSR count). The standard InChI is InChI=1S/C18H19N5O2/c1-12-10-20-15(11-19-12)17(24)22-8-6-13(7-9-22)23-16-5-3-2-4-14(16)21-18(23)25/h2-5,10-11,13H,6-9H2,1H3,(H,21,25). The second kappa shape index (κ2) is 6.16. The van der Waals surface area contributed by atoms with Crippen molar-refractivity contribution < 1.29 is 4.79 Å². The first-order chi connectivity index (χ1) is 12.1. The number of nitrogens with one attached hydrogen (secondary N) is 1. The zero-order chi connectivity index (χ0) is 17.4. The summed E-state index contributed by atoms with van der Waals surface area (Å²) in [5.41, 5.74) is 2.83. The normalized spacial score (nSPS) is 15.6. The van der Waals surface area contributed by atoms with E-state index in [9.17, 15) is 9.59 Å². The predicted molar refractivity (Wildman–Crippen MR) is 93.5 cm³/mol. The summed E-state index contributed by atoms with van der Waals surface area (Å²) in [6, 6.07) is 7.79. The molecule has 1 aliphatic rings. The number of imidazole rings is 1. The number of aromatic nitrogens is 4.